The van der Waals surface area contributed by atoms with E-state index in [4.69, 9.17) is 14.0 Å². The average Bonchev–Trinajstić information content (AvgIpc) is 2.82. The fraction of sp³-hybridized carbons (Fsp3) is 0.231. The second-order valence-corrected chi connectivity index (χ2v) is 3.81. The lowest BCUT2D eigenvalue weighted by atomic mass is 10.3. The minimum Gasteiger partial charge on any atom is -0.493 e. The molecule has 100 valence electrons. The molecule has 0 fully saturated rings. The predicted octanol–water partition coefficient (Wildman–Crippen LogP) is 2.01. The van der Waals surface area contributed by atoms with E-state index in [1.54, 1.807) is 38.3 Å². The zero-order valence-electron chi connectivity index (χ0n) is 10.7. The number of rotatable bonds is 5. The van der Waals surface area contributed by atoms with E-state index < -0.39 is 0 Å². The number of carbonyl (C=O) groups is 1. The number of nitrogens with one attached hydrogen (secondary N) is 1. The molecule has 2 rings (SSSR count). The smallest absolute Gasteiger partial charge is 0.263 e. The van der Waals surface area contributed by atoms with Crippen LogP contribution in [0.1, 0.15) is 5.76 Å². The molecule has 0 unspecified atom stereocenters. The van der Waals surface area contributed by atoms with Crippen molar-refractivity contribution in [2.24, 2.45) is 0 Å². The van der Waals surface area contributed by atoms with Crippen molar-refractivity contribution in [3.8, 4) is 11.5 Å². The first kappa shape index (κ1) is 12.9. The predicted molar refractivity (Wildman–Crippen MR) is 68.4 cm³/mol. The fourth-order valence-electron chi connectivity index (χ4n) is 1.49. The van der Waals surface area contributed by atoms with E-state index in [0.29, 0.717) is 23.1 Å². The number of nitrogens with zero attached hydrogens (tertiary/aromatic N) is 1. The summed E-state index contributed by atoms with van der Waals surface area (Å²) < 4.78 is 15.3. The Morgan fingerprint density at radius 2 is 2.11 bits per heavy atom. The van der Waals surface area contributed by atoms with Gasteiger partial charge in [-0.3, -0.25) is 4.79 Å². The fourth-order valence-corrected chi connectivity index (χ4v) is 1.49. The summed E-state index contributed by atoms with van der Waals surface area (Å²) in [4.78, 5) is 11.6. The molecular weight excluding hydrogens is 248 g/mol. The number of aromatic nitrogens is 1. The number of hydrogen-bond acceptors (Lipinski definition) is 5. The lowest BCUT2D eigenvalue weighted by molar-refractivity contribution is -0.118. The van der Waals surface area contributed by atoms with Crippen LogP contribution in [0.4, 0.5) is 5.82 Å². The molecule has 0 saturated heterocycles. The minimum atomic E-state index is -0.320. The van der Waals surface area contributed by atoms with Crippen LogP contribution in [-0.4, -0.2) is 24.8 Å². The van der Waals surface area contributed by atoms with Crippen molar-refractivity contribution < 1.29 is 18.8 Å². The molecule has 0 atom stereocenters. The summed E-state index contributed by atoms with van der Waals surface area (Å²) in [7, 11) is 1.54. The molecule has 1 heterocycles. The zero-order valence-corrected chi connectivity index (χ0v) is 10.7. The maximum Gasteiger partial charge on any atom is 0.263 e. The van der Waals surface area contributed by atoms with Gasteiger partial charge in [-0.2, -0.15) is 0 Å². The molecule has 0 aliphatic carbocycles. The molecule has 0 spiro atoms. The first-order valence-corrected chi connectivity index (χ1v) is 5.68. The van der Waals surface area contributed by atoms with E-state index in [0.717, 1.165) is 0 Å². The Labute approximate surface area is 110 Å². The van der Waals surface area contributed by atoms with Crippen LogP contribution >= 0.6 is 0 Å². The standard InChI is InChI=1S/C13H14N2O4/c1-9-7-12(15-19-9)14-13(16)8-18-11-6-4-3-5-10(11)17-2/h3-7H,8H2,1-2H3,(H,14,15,16). The Morgan fingerprint density at radius 1 is 1.37 bits per heavy atom. The summed E-state index contributed by atoms with van der Waals surface area (Å²) in [6, 6.07) is 8.74. The Hall–Kier alpha value is -2.50. The van der Waals surface area contributed by atoms with E-state index in [2.05, 4.69) is 10.5 Å². The van der Waals surface area contributed by atoms with Crippen LogP contribution in [0, 0.1) is 6.92 Å². The maximum absolute atomic E-state index is 11.6. The van der Waals surface area contributed by atoms with E-state index in [1.165, 1.54) is 0 Å². The van der Waals surface area contributed by atoms with Gasteiger partial charge in [0.05, 0.1) is 7.11 Å². The van der Waals surface area contributed by atoms with Crippen LogP contribution in [0.2, 0.25) is 0 Å². The molecule has 1 amide bonds. The summed E-state index contributed by atoms with van der Waals surface area (Å²) in [6.45, 7) is 1.61. The van der Waals surface area contributed by atoms with Gasteiger partial charge < -0.3 is 19.3 Å². The molecule has 1 aromatic heterocycles. The van der Waals surface area contributed by atoms with Gasteiger partial charge in [0.15, 0.2) is 23.9 Å². The summed E-state index contributed by atoms with van der Waals surface area (Å²) >= 11 is 0. The molecule has 6 nitrogen and oxygen atoms in total. The van der Waals surface area contributed by atoms with E-state index in [-0.39, 0.29) is 12.5 Å². The van der Waals surface area contributed by atoms with Crippen LogP contribution in [-0.2, 0) is 4.79 Å². The number of para-hydroxylation sites is 2. The number of anilines is 1. The number of carbonyl (C=O) groups excluding carboxylic acids is 1. The zero-order chi connectivity index (χ0) is 13.7. The van der Waals surface area contributed by atoms with Gasteiger partial charge in [0.2, 0.25) is 0 Å². The van der Waals surface area contributed by atoms with Crippen LogP contribution in [0.5, 0.6) is 11.5 Å². The summed E-state index contributed by atoms with van der Waals surface area (Å²) in [5.41, 5.74) is 0. The van der Waals surface area contributed by atoms with Crippen LogP contribution in [0.3, 0.4) is 0 Å². The molecule has 0 aliphatic heterocycles. The Kier molecular flexibility index (Phi) is 4.02. The van der Waals surface area contributed by atoms with Gasteiger partial charge in [0.25, 0.3) is 5.91 Å². The molecule has 19 heavy (non-hydrogen) atoms. The third-order valence-electron chi connectivity index (χ3n) is 2.32. The second-order valence-electron chi connectivity index (χ2n) is 3.81. The summed E-state index contributed by atoms with van der Waals surface area (Å²) in [5.74, 6) is 1.76. The van der Waals surface area contributed by atoms with Gasteiger partial charge in [-0.05, 0) is 19.1 Å². The Balaban J connectivity index is 1.89. The number of ether oxygens (including phenoxy) is 2. The topological polar surface area (TPSA) is 73.6 Å². The SMILES string of the molecule is COc1ccccc1OCC(=O)Nc1cc(C)on1. The Bertz CT molecular complexity index is 565. The number of aryl methyl sites for hydroxylation is 1. The van der Waals surface area contributed by atoms with E-state index >= 15 is 0 Å². The van der Waals surface area contributed by atoms with Gasteiger partial charge in [-0.15, -0.1) is 0 Å². The highest BCUT2D eigenvalue weighted by Gasteiger charge is 2.09. The maximum atomic E-state index is 11.6. The minimum absolute atomic E-state index is 0.133. The van der Waals surface area contributed by atoms with Gasteiger partial charge in [0.1, 0.15) is 5.76 Å². The quantitative estimate of drug-likeness (QED) is 0.892. The molecule has 0 radical (unpaired) electrons. The van der Waals surface area contributed by atoms with Crippen LogP contribution in [0.25, 0.3) is 0 Å². The van der Waals surface area contributed by atoms with Crippen molar-refractivity contribution in [1.82, 2.24) is 5.16 Å². The number of methoxy groups -OCH3 is 1. The third-order valence-corrected chi connectivity index (χ3v) is 2.32. The van der Waals surface area contributed by atoms with Crippen molar-refractivity contribution in [2.45, 2.75) is 6.92 Å². The van der Waals surface area contributed by atoms with Gasteiger partial charge >= 0.3 is 0 Å². The summed E-state index contributed by atoms with van der Waals surface area (Å²) in [6.07, 6.45) is 0. The lowest BCUT2D eigenvalue weighted by Gasteiger charge is -2.09. The molecule has 1 N–H and O–H groups in total. The van der Waals surface area contributed by atoms with Crippen molar-refractivity contribution in [2.75, 3.05) is 19.0 Å². The van der Waals surface area contributed by atoms with Crippen molar-refractivity contribution >= 4 is 11.7 Å². The molecule has 2 aromatic rings. The van der Waals surface area contributed by atoms with Gasteiger partial charge in [-0.25, -0.2) is 0 Å². The van der Waals surface area contributed by atoms with Crippen LogP contribution in [0.15, 0.2) is 34.9 Å². The van der Waals surface area contributed by atoms with Crippen molar-refractivity contribution in [1.29, 1.82) is 0 Å². The van der Waals surface area contributed by atoms with E-state index in [9.17, 15) is 4.79 Å². The number of amides is 1. The Morgan fingerprint density at radius 3 is 2.74 bits per heavy atom. The number of benzene rings is 1. The second kappa shape index (κ2) is 5.90. The molecule has 0 bridgehead atoms. The highest BCUT2D eigenvalue weighted by Crippen LogP contribution is 2.25. The van der Waals surface area contributed by atoms with Crippen molar-refractivity contribution in [3.05, 3.63) is 36.1 Å². The van der Waals surface area contributed by atoms with Crippen LogP contribution < -0.4 is 14.8 Å². The van der Waals surface area contributed by atoms with E-state index in [1.807, 2.05) is 6.07 Å². The molecule has 6 heteroatoms. The lowest BCUT2D eigenvalue weighted by Crippen LogP contribution is -2.20. The third kappa shape index (κ3) is 3.48. The molecular formula is C13H14N2O4. The van der Waals surface area contributed by atoms with Gasteiger partial charge in [-0.1, -0.05) is 17.3 Å². The monoisotopic (exact) mass is 262 g/mol. The molecule has 1 aromatic carbocycles. The highest BCUT2D eigenvalue weighted by atomic mass is 16.5. The number of hydrogen-bond donors (Lipinski definition) is 1. The van der Waals surface area contributed by atoms with Crippen molar-refractivity contribution in [3.63, 3.8) is 0 Å². The average molecular weight is 262 g/mol. The first-order valence-electron chi connectivity index (χ1n) is 5.68. The first-order chi connectivity index (χ1) is 9.19. The molecule has 0 aliphatic rings. The largest absolute Gasteiger partial charge is 0.493 e. The normalized spacial score (nSPS) is 10.0. The molecule has 0 saturated carbocycles. The van der Waals surface area contributed by atoms with Gasteiger partial charge in [0, 0.05) is 6.07 Å². The highest BCUT2D eigenvalue weighted by molar-refractivity contribution is 5.90. The summed E-state index contributed by atoms with van der Waals surface area (Å²) in [5, 5.41) is 6.22.